The number of aryl methyl sites for hydroxylation is 1. The van der Waals surface area contributed by atoms with Crippen LogP contribution in [0, 0.1) is 5.92 Å². The molecule has 0 unspecified atom stereocenters. The number of nitrogens with zero attached hydrogens (tertiary/aromatic N) is 4. The Morgan fingerprint density at radius 2 is 2.15 bits per heavy atom. The highest BCUT2D eigenvalue weighted by atomic mass is 16.5. The van der Waals surface area contributed by atoms with Gasteiger partial charge in [-0.05, 0) is 36.8 Å². The summed E-state index contributed by atoms with van der Waals surface area (Å²) in [5.74, 6) is 0.510. The second kappa shape index (κ2) is 7.00. The lowest BCUT2D eigenvalue weighted by atomic mass is 10.00. The van der Waals surface area contributed by atoms with Crippen molar-refractivity contribution in [2.45, 2.75) is 12.5 Å². The van der Waals surface area contributed by atoms with Crippen LogP contribution in [-0.2, 0) is 18.2 Å². The molecule has 2 atom stereocenters. The van der Waals surface area contributed by atoms with Crippen LogP contribution in [0.5, 0.6) is 0 Å². The number of aromatic nitrogens is 3. The molecule has 0 saturated carbocycles. The summed E-state index contributed by atoms with van der Waals surface area (Å²) in [6, 6.07) is 11.2. The van der Waals surface area contributed by atoms with Gasteiger partial charge in [-0.2, -0.15) is 0 Å². The molecule has 0 bridgehead atoms. The molecule has 1 N–H and O–H groups in total. The summed E-state index contributed by atoms with van der Waals surface area (Å²) in [6.07, 6.45) is 2.07. The second-order valence-electron chi connectivity index (χ2n) is 6.92. The van der Waals surface area contributed by atoms with Crippen LogP contribution in [0.3, 0.4) is 0 Å². The number of β-amino-alcohol motifs (C(OH)–C–C–N with tert-alkyl or cyclic N) is 1. The topological polar surface area (TPSA) is 80.5 Å². The highest BCUT2D eigenvalue weighted by Crippen LogP contribution is 2.28. The van der Waals surface area contributed by atoms with Gasteiger partial charge in [0.1, 0.15) is 0 Å². The van der Waals surface area contributed by atoms with Crippen molar-refractivity contribution >= 4 is 23.0 Å². The Morgan fingerprint density at radius 1 is 1.30 bits per heavy atom. The quantitative estimate of drug-likeness (QED) is 0.709. The number of benzene rings is 1. The van der Waals surface area contributed by atoms with Crippen LogP contribution >= 0.6 is 0 Å². The van der Waals surface area contributed by atoms with Gasteiger partial charge in [-0.3, -0.25) is 4.98 Å². The highest BCUT2D eigenvalue weighted by Gasteiger charge is 2.33. The van der Waals surface area contributed by atoms with Crippen LogP contribution in [-0.4, -0.2) is 51.9 Å². The third-order valence-electron chi connectivity index (χ3n) is 5.17. The lowest BCUT2D eigenvalue weighted by Gasteiger charge is -2.17. The molecule has 1 saturated heterocycles. The van der Waals surface area contributed by atoms with Gasteiger partial charge < -0.3 is 19.3 Å². The predicted molar refractivity (Wildman–Crippen MR) is 102 cm³/mol. The number of carbonyl (C=O) groups is 1. The predicted octanol–water partition coefficient (Wildman–Crippen LogP) is 1.79. The van der Waals surface area contributed by atoms with E-state index in [0.29, 0.717) is 18.7 Å². The Bertz CT molecular complexity index is 970. The molecule has 0 radical (unpaired) electrons. The van der Waals surface area contributed by atoms with Crippen molar-refractivity contribution in [3.8, 4) is 0 Å². The van der Waals surface area contributed by atoms with Gasteiger partial charge in [0.15, 0.2) is 0 Å². The molecule has 0 spiro atoms. The summed E-state index contributed by atoms with van der Waals surface area (Å²) in [6.45, 7) is 1.23. The van der Waals surface area contributed by atoms with Crippen molar-refractivity contribution in [3.05, 3.63) is 53.9 Å². The van der Waals surface area contributed by atoms with E-state index in [1.165, 1.54) is 7.11 Å². The summed E-state index contributed by atoms with van der Waals surface area (Å²) in [4.78, 5) is 22.9. The number of imidazole rings is 1. The number of hydrogen-bond acceptors (Lipinski definition) is 6. The van der Waals surface area contributed by atoms with Crippen LogP contribution in [0.2, 0.25) is 0 Å². The van der Waals surface area contributed by atoms with E-state index >= 15 is 0 Å². The Labute approximate surface area is 157 Å². The number of hydrogen-bond donors (Lipinski definition) is 1. The number of rotatable bonds is 4. The first-order valence-electron chi connectivity index (χ1n) is 8.94. The van der Waals surface area contributed by atoms with E-state index < -0.39 is 6.10 Å². The van der Waals surface area contributed by atoms with E-state index in [0.717, 1.165) is 29.1 Å². The van der Waals surface area contributed by atoms with E-state index in [4.69, 9.17) is 9.72 Å². The zero-order valence-corrected chi connectivity index (χ0v) is 15.4. The van der Waals surface area contributed by atoms with Crippen molar-refractivity contribution in [1.82, 2.24) is 14.5 Å². The minimum atomic E-state index is -0.433. The number of carbonyl (C=O) groups excluding carboxylic acids is 1. The summed E-state index contributed by atoms with van der Waals surface area (Å²) >= 11 is 0. The number of aliphatic hydroxyl groups excluding tert-OH is 1. The maximum Gasteiger partial charge on any atom is 0.337 e. The molecule has 7 heteroatoms. The van der Waals surface area contributed by atoms with Crippen molar-refractivity contribution in [3.63, 3.8) is 0 Å². The van der Waals surface area contributed by atoms with Crippen molar-refractivity contribution in [1.29, 1.82) is 0 Å². The fourth-order valence-electron chi connectivity index (χ4n) is 3.72. The minimum Gasteiger partial charge on any atom is -0.465 e. The zero-order valence-electron chi connectivity index (χ0n) is 15.4. The molecule has 2 aromatic heterocycles. The number of methoxy groups -OCH3 is 1. The number of pyridine rings is 1. The van der Waals surface area contributed by atoms with E-state index in [1.807, 2.05) is 35.9 Å². The van der Waals surface area contributed by atoms with E-state index in [9.17, 15) is 9.90 Å². The summed E-state index contributed by atoms with van der Waals surface area (Å²) in [5.41, 5.74) is 3.12. The Kier molecular flexibility index (Phi) is 4.53. The minimum absolute atomic E-state index is 0.102. The maximum atomic E-state index is 11.8. The lowest BCUT2D eigenvalue weighted by Crippen LogP contribution is -2.24. The fraction of sp³-hybridized carbons (Fsp3) is 0.350. The van der Waals surface area contributed by atoms with Crippen molar-refractivity contribution in [2.75, 3.05) is 25.1 Å². The Morgan fingerprint density at radius 3 is 2.89 bits per heavy atom. The molecule has 3 aromatic rings. The smallest absolute Gasteiger partial charge is 0.337 e. The molecule has 3 heterocycles. The molecule has 1 fully saturated rings. The molecular formula is C20H22N4O3. The molecule has 1 aliphatic heterocycles. The van der Waals surface area contributed by atoms with Gasteiger partial charge in [-0.15, -0.1) is 0 Å². The summed E-state index contributed by atoms with van der Waals surface area (Å²) in [5, 5.41) is 10.5. The van der Waals surface area contributed by atoms with Crippen LogP contribution in [0.4, 0.5) is 5.95 Å². The summed E-state index contributed by atoms with van der Waals surface area (Å²) < 4.78 is 6.78. The molecule has 1 aliphatic rings. The number of fused-ring (bicyclic) bond motifs is 1. The van der Waals surface area contributed by atoms with Gasteiger partial charge in [-0.1, -0.05) is 6.07 Å². The Balaban J connectivity index is 1.59. The van der Waals surface area contributed by atoms with Crippen molar-refractivity contribution in [2.24, 2.45) is 13.0 Å². The monoisotopic (exact) mass is 366 g/mol. The first-order chi connectivity index (χ1) is 13.1. The van der Waals surface area contributed by atoms with Gasteiger partial charge in [-0.25, -0.2) is 9.78 Å². The first-order valence-corrected chi connectivity index (χ1v) is 8.94. The number of aliphatic hydroxyl groups is 1. The van der Waals surface area contributed by atoms with Gasteiger partial charge in [0.05, 0.1) is 29.8 Å². The first kappa shape index (κ1) is 17.5. The van der Waals surface area contributed by atoms with Gasteiger partial charge >= 0.3 is 5.97 Å². The SMILES string of the molecule is COC(=O)c1ccc2c(c1)nc(N1C[C@@H](Cc3ccccn3)[C@H](O)C1)n2C. The average Bonchev–Trinajstić information content (AvgIpc) is 3.21. The van der Waals surface area contributed by atoms with Crippen LogP contribution < -0.4 is 4.90 Å². The third kappa shape index (κ3) is 3.26. The second-order valence-corrected chi connectivity index (χ2v) is 6.92. The molecule has 1 aromatic carbocycles. The maximum absolute atomic E-state index is 11.8. The van der Waals surface area contributed by atoms with E-state index in [2.05, 4.69) is 9.88 Å². The summed E-state index contributed by atoms with van der Waals surface area (Å²) in [7, 11) is 3.31. The van der Waals surface area contributed by atoms with Crippen LogP contribution in [0.25, 0.3) is 11.0 Å². The lowest BCUT2D eigenvalue weighted by molar-refractivity contribution is 0.0601. The van der Waals surface area contributed by atoms with E-state index in [1.54, 1.807) is 18.3 Å². The average molecular weight is 366 g/mol. The molecule has 140 valence electrons. The largest absolute Gasteiger partial charge is 0.465 e. The molecular weight excluding hydrogens is 344 g/mol. The number of ether oxygens (including phenoxy) is 1. The fourth-order valence-corrected chi connectivity index (χ4v) is 3.72. The van der Waals surface area contributed by atoms with Gasteiger partial charge in [0, 0.05) is 37.9 Å². The van der Waals surface area contributed by atoms with Crippen LogP contribution in [0.15, 0.2) is 42.6 Å². The normalized spacial score (nSPS) is 19.6. The number of anilines is 1. The highest BCUT2D eigenvalue weighted by molar-refractivity contribution is 5.94. The molecule has 0 aliphatic carbocycles. The Hall–Kier alpha value is -2.93. The zero-order chi connectivity index (χ0) is 19.0. The van der Waals surface area contributed by atoms with Gasteiger partial charge in [0.25, 0.3) is 0 Å². The molecule has 7 nitrogen and oxygen atoms in total. The molecule has 27 heavy (non-hydrogen) atoms. The molecule has 4 rings (SSSR count). The van der Waals surface area contributed by atoms with Crippen molar-refractivity contribution < 1.29 is 14.6 Å². The molecule has 0 amide bonds. The van der Waals surface area contributed by atoms with Crippen LogP contribution in [0.1, 0.15) is 16.1 Å². The van der Waals surface area contributed by atoms with Gasteiger partial charge in [0.2, 0.25) is 5.95 Å². The van der Waals surface area contributed by atoms with E-state index in [-0.39, 0.29) is 11.9 Å². The standard InChI is InChI=1S/C20H22N4O3/c1-23-17-7-6-13(19(26)27-2)10-16(17)22-20(23)24-11-14(18(25)12-24)9-15-5-3-4-8-21-15/h3-8,10,14,18,25H,9,11-12H2,1-2H3/t14-,18-/m1/s1. The number of esters is 1. The third-order valence-corrected chi connectivity index (χ3v) is 5.17.